The molecule has 6 amide bonds. The number of aromatic nitrogens is 2. The molecule has 4 aromatic rings. The van der Waals surface area contributed by atoms with Crippen LogP contribution in [0.15, 0.2) is 60.1 Å². The third-order valence-electron chi connectivity index (χ3n) is 9.55. The summed E-state index contributed by atoms with van der Waals surface area (Å²) in [6.07, 6.45) is 2.49. The lowest BCUT2D eigenvalue weighted by atomic mass is 10.0. The largest absolute Gasteiger partial charge is 0.361 e. The number of hydrogen-bond donors (Lipinski definition) is 4. The lowest BCUT2D eigenvalue weighted by molar-refractivity contribution is -0.139. The number of thiazole rings is 1. The van der Waals surface area contributed by atoms with Gasteiger partial charge in [-0.3, -0.25) is 28.8 Å². The molecule has 0 spiro atoms. The van der Waals surface area contributed by atoms with Gasteiger partial charge in [-0.1, -0.05) is 61.9 Å². The van der Waals surface area contributed by atoms with Crippen LogP contribution in [0.2, 0.25) is 0 Å². The van der Waals surface area contributed by atoms with Crippen molar-refractivity contribution in [3.8, 4) is 0 Å². The quantitative estimate of drug-likeness (QED) is 0.233. The second-order valence-corrected chi connectivity index (χ2v) is 15.5. The molecular formula is C40H50N8O6S. The molecule has 2 aromatic heterocycles. The monoisotopic (exact) mass is 770 g/mol. The predicted molar refractivity (Wildman–Crippen MR) is 210 cm³/mol. The first-order chi connectivity index (χ1) is 26.2. The molecule has 4 N–H and O–H groups in total. The SMILES string of the molecule is Cc1ccc(CC(=O)N2CCN(C)C(=O)[C@H](C)NC(=O)CN(C)C(=O)[C@@H](Cc3c[nH]c4ccccc34)NC(=O)c3csc(n3)[C@H](CC(C)C)NC(=O)C2)cc1. The van der Waals surface area contributed by atoms with Gasteiger partial charge in [-0.25, -0.2) is 4.98 Å². The number of rotatable bonds is 6. The van der Waals surface area contributed by atoms with Gasteiger partial charge < -0.3 is 35.6 Å². The average Bonchev–Trinajstić information content (AvgIpc) is 3.80. The van der Waals surface area contributed by atoms with E-state index in [-0.39, 0.29) is 56.5 Å². The van der Waals surface area contributed by atoms with Crippen molar-refractivity contribution < 1.29 is 28.8 Å². The first kappa shape index (κ1) is 40.6. The molecule has 292 valence electrons. The maximum Gasteiger partial charge on any atom is 0.271 e. The highest BCUT2D eigenvalue weighted by Crippen LogP contribution is 2.25. The highest BCUT2D eigenvalue weighted by atomic mass is 32.1. The molecule has 2 bridgehead atoms. The molecule has 3 atom stereocenters. The van der Waals surface area contributed by atoms with Gasteiger partial charge in [0, 0.05) is 56.1 Å². The number of carbonyl (C=O) groups is 6. The zero-order valence-corrected chi connectivity index (χ0v) is 33.0. The van der Waals surface area contributed by atoms with E-state index in [0.717, 1.165) is 27.6 Å². The fraction of sp³-hybridized carbons (Fsp3) is 0.425. The summed E-state index contributed by atoms with van der Waals surface area (Å²) in [5.74, 6) is -2.64. The van der Waals surface area contributed by atoms with Crippen LogP contribution in [0.4, 0.5) is 0 Å². The van der Waals surface area contributed by atoms with Gasteiger partial charge in [0.2, 0.25) is 29.5 Å². The highest BCUT2D eigenvalue weighted by Gasteiger charge is 2.30. The minimum Gasteiger partial charge on any atom is -0.361 e. The van der Waals surface area contributed by atoms with Crippen LogP contribution >= 0.6 is 11.3 Å². The van der Waals surface area contributed by atoms with Gasteiger partial charge in [0.15, 0.2) is 0 Å². The number of carbonyl (C=O) groups excluding carboxylic acids is 6. The van der Waals surface area contributed by atoms with E-state index in [0.29, 0.717) is 11.4 Å². The molecule has 1 aliphatic rings. The van der Waals surface area contributed by atoms with Gasteiger partial charge in [0.1, 0.15) is 22.8 Å². The molecule has 1 aliphatic heterocycles. The predicted octanol–water partition coefficient (Wildman–Crippen LogP) is 2.98. The summed E-state index contributed by atoms with van der Waals surface area (Å²) in [6, 6.07) is 12.6. The number of H-pyrrole nitrogens is 1. The van der Waals surface area contributed by atoms with Gasteiger partial charge in [0.05, 0.1) is 25.6 Å². The van der Waals surface area contributed by atoms with E-state index in [1.165, 1.54) is 33.1 Å². The lowest BCUT2D eigenvalue weighted by Gasteiger charge is -2.28. The van der Waals surface area contributed by atoms with Crippen molar-refractivity contribution in [3.63, 3.8) is 0 Å². The van der Waals surface area contributed by atoms with Crippen molar-refractivity contribution in [2.75, 3.05) is 40.3 Å². The third kappa shape index (κ3) is 10.8. The standard InChI is InChI=1S/C40H50N8O6S/c1-24(2)17-31-38-45-33(23-55-38)37(52)44-32(19-28-20-41-30-10-8-7-9-29(28)30)40(54)47(6)21-34(49)42-26(4)39(53)46(5)15-16-48(22-35(50)43-31)36(51)18-27-13-11-25(3)12-14-27/h7-14,20,23-24,26,31-32,41H,15-19,21-22H2,1-6H3,(H,42,49)(H,43,50)(H,44,52)/t26-,31-,32+/m0/s1. The van der Waals surface area contributed by atoms with Crippen LogP contribution in [0.5, 0.6) is 0 Å². The van der Waals surface area contributed by atoms with E-state index in [1.807, 2.05) is 69.3 Å². The van der Waals surface area contributed by atoms with Gasteiger partial charge in [-0.05, 0) is 43.4 Å². The molecule has 5 rings (SSSR count). The molecule has 14 nitrogen and oxygen atoms in total. The van der Waals surface area contributed by atoms with E-state index in [4.69, 9.17) is 0 Å². The van der Waals surface area contributed by atoms with E-state index in [1.54, 1.807) is 25.5 Å². The van der Waals surface area contributed by atoms with Crippen LogP contribution in [0.1, 0.15) is 65.4 Å². The zero-order valence-electron chi connectivity index (χ0n) is 32.2. The minimum absolute atomic E-state index is 0.0611. The van der Waals surface area contributed by atoms with Crippen LogP contribution in [0.3, 0.4) is 0 Å². The molecule has 0 saturated heterocycles. The summed E-state index contributed by atoms with van der Waals surface area (Å²) in [6.45, 7) is 7.04. The second-order valence-electron chi connectivity index (χ2n) is 14.6. The molecular weight excluding hydrogens is 721 g/mol. The normalized spacial score (nSPS) is 19.9. The number of nitrogens with zero attached hydrogens (tertiary/aromatic N) is 4. The van der Waals surface area contributed by atoms with Crippen molar-refractivity contribution >= 4 is 57.7 Å². The highest BCUT2D eigenvalue weighted by molar-refractivity contribution is 7.09. The zero-order chi connectivity index (χ0) is 39.8. The van der Waals surface area contributed by atoms with Gasteiger partial charge in [-0.2, -0.15) is 0 Å². The van der Waals surface area contributed by atoms with Crippen molar-refractivity contribution in [1.82, 2.24) is 40.6 Å². The Morgan fingerprint density at radius 1 is 0.873 bits per heavy atom. The summed E-state index contributed by atoms with van der Waals surface area (Å²) >= 11 is 1.22. The van der Waals surface area contributed by atoms with Crippen LogP contribution in [0.25, 0.3) is 10.9 Å². The summed E-state index contributed by atoms with van der Waals surface area (Å²) < 4.78 is 0. The number of nitrogens with one attached hydrogen (secondary N) is 4. The molecule has 0 aliphatic carbocycles. The van der Waals surface area contributed by atoms with Crippen molar-refractivity contribution in [1.29, 1.82) is 0 Å². The van der Waals surface area contributed by atoms with Crippen LogP contribution < -0.4 is 16.0 Å². The maximum absolute atomic E-state index is 13.9. The van der Waals surface area contributed by atoms with Gasteiger partial charge in [0.25, 0.3) is 5.91 Å². The van der Waals surface area contributed by atoms with Crippen LogP contribution in [-0.4, -0.2) is 112 Å². The third-order valence-corrected chi connectivity index (χ3v) is 10.5. The molecule has 0 radical (unpaired) electrons. The number of benzene rings is 2. The van der Waals surface area contributed by atoms with E-state index in [9.17, 15) is 28.8 Å². The van der Waals surface area contributed by atoms with Crippen molar-refractivity contribution in [2.45, 2.75) is 65.1 Å². The van der Waals surface area contributed by atoms with Crippen molar-refractivity contribution in [2.24, 2.45) is 5.92 Å². The van der Waals surface area contributed by atoms with E-state index >= 15 is 0 Å². The first-order valence-electron chi connectivity index (χ1n) is 18.4. The number of likely N-dealkylation sites (N-methyl/N-ethyl adjacent to an activating group) is 2. The Morgan fingerprint density at radius 3 is 2.31 bits per heavy atom. The summed E-state index contributed by atoms with van der Waals surface area (Å²) in [5.41, 5.74) is 3.59. The molecule has 3 heterocycles. The van der Waals surface area contributed by atoms with E-state index in [2.05, 4.69) is 25.9 Å². The molecule has 55 heavy (non-hydrogen) atoms. The number of aryl methyl sites for hydroxylation is 1. The summed E-state index contributed by atoms with van der Waals surface area (Å²) in [7, 11) is 3.03. The Balaban J connectivity index is 1.45. The minimum atomic E-state index is -1.07. The van der Waals surface area contributed by atoms with Crippen LogP contribution in [-0.2, 0) is 36.8 Å². The Bertz CT molecular complexity index is 2020. The first-order valence-corrected chi connectivity index (χ1v) is 19.3. The number of fused-ring (bicyclic) bond motifs is 3. The lowest BCUT2D eigenvalue weighted by Crippen LogP contribution is -2.53. The van der Waals surface area contributed by atoms with Gasteiger partial charge in [-0.15, -0.1) is 11.3 Å². The Labute approximate surface area is 325 Å². The number of aromatic amines is 1. The van der Waals surface area contributed by atoms with Gasteiger partial charge >= 0.3 is 0 Å². The molecule has 0 saturated carbocycles. The Morgan fingerprint density at radius 2 is 1.58 bits per heavy atom. The fourth-order valence-electron chi connectivity index (χ4n) is 6.51. The second kappa shape index (κ2) is 18.2. The van der Waals surface area contributed by atoms with Crippen molar-refractivity contribution in [3.05, 3.63) is 87.5 Å². The number of amides is 6. The number of para-hydroxylation sites is 1. The topological polar surface area (TPSA) is 177 Å². The maximum atomic E-state index is 13.9. The fourth-order valence-corrected chi connectivity index (χ4v) is 7.38. The van der Waals surface area contributed by atoms with Crippen LogP contribution in [0, 0.1) is 12.8 Å². The average molecular weight is 771 g/mol. The number of hydrogen-bond acceptors (Lipinski definition) is 8. The summed E-state index contributed by atoms with van der Waals surface area (Å²) in [4.78, 5) is 93.5. The molecule has 0 fully saturated rings. The van der Waals surface area contributed by atoms with E-state index < -0.39 is 47.7 Å². The summed E-state index contributed by atoms with van der Waals surface area (Å²) in [5, 5.41) is 11.5. The molecule has 2 aromatic carbocycles. The Kier molecular flexibility index (Phi) is 13.4. The molecule has 0 unspecified atom stereocenters. The molecule has 15 heteroatoms. The Hall–Kier alpha value is -5.57. The smallest absolute Gasteiger partial charge is 0.271 e.